The van der Waals surface area contributed by atoms with Crippen molar-refractivity contribution in [1.29, 1.82) is 0 Å². The van der Waals surface area contributed by atoms with Crippen molar-refractivity contribution >= 4 is 5.91 Å². The van der Waals surface area contributed by atoms with Gasteiger partial charge in [0.1, 0.15) is 0 Å². The van der Waals surface area contributed by atoms with Crippen LogP contribution in [0.15, 0.2) is 0 Å². The third-order valence-electron chi connectivity index (χ3n) is 5.63. The quantitative estimate of drug-likeness (QED) is 0.926. The Hall–Kier alpha value is -1.36. The highest BCUT2D eigenvalue weighted by Crippen LogP contribution is 2.35. The predicted molar refractivity (Wildman–Crippen MR) is 86.8 cm³/mol. The van der Waals surface area contributed by atoms with Crippen molar-refractivity contribution in [1.82, 2.24) is 20.0 Å². The lowest BCUT2D eigenvalue weighted by atomic mass is 9.79. The number of piperidine rings is 1. The molecule has 1 spiro atoms. The summed E-state index contributed by atoms with van der Waals surface area (Å²) >= 11 is 0. The fourth-order valence-electron chi connectivity index (χ4n) is 3.93. The van der Waals surface area contributed by atoms with E-state index in [-0.39, 0.29) is 5.91 Å². The van der Waals surface area contributed by atoms with E-state index in [4.69, 9.17) is 0 Å². The molecule has 2 saturated heterocycles. The Balaban J connectivity index is 1.58. The predicted octanol–water partition coefficient (Wildman–Crippen LogP) is 1.80. The number of aromatic nitrogens is 2. The zero-order valence-electron chi connectivity index (χ0n) is 14.1. The van der Waals surface area contributed by atoms with Crippen LogP contribution in [0.1, 0.15) is 42.6 Å². The van der Waals surface area contributed by atoms with Crippen LogP contribution in [0.2, 0.25) is 0 Å². The van der Waals surface area contributed by atoms with Crippen molar-refractivity contribution in [2.24, 2.45) is 5.41 Å². The average molecular weight is 304 g/mol. The van der Waals surface area contributed by atoms with Gasteiger partial charge in [-0.1, -0.05) is 0 Å². The molecule has 5 nitrogen and oxygen atoms in total. The molecular formula is C17H28N4O. The normalized spacial score (nSPS) is 25.1. The lowest BCUT2D eigenvalue weighted by Crippen LogP contribution is -2.47. The van der Waals surface area contributed by atoms with Crippen LogP contribution in [0.3, 0.4) is 0 Å². The van der Waals surface area contributed by atoms with Crippen molar-refractivity contribution in [3.63, 3.8) is 0 Å². The summed E-state index contributed by atoms with van der Waals surface area (Å²) in [6, 6.07) is 0. The summed E-state index contributed by atoms with van der Waals surface area (Å²) < 4.78 is 1.99. The summed E-state index contributed by atoms with van der Waals surface area (Å²) in [6.45, 7) is 11.0. The van der Waals surface area contributed by atoms with Crippen molar-refractivity contribution in [2.45, 2.75) is 53.0 Å². The highest BCUT2D eigenvalue weighted by Gasteiger charge is 2.39. The van der Waals surface area contributed by atoms with Gasteiger partial charge in [0.05, 0.1) is 5.69 Å². The summed E-state index contributed by atoms with van der Waals surface area (Å²) in [7, 11) is 0. The molecule has 5 heteroatoms. The molecule has 1 atom stereocenters. The number of amides is 1. The first-order chi connectivity index (χ1) is 10.5. The van der Waals surface area contributed by atoms with E-state index in [0.29, 0.717) is 18.4 Å². The summed E-state index contributed by atoms with van der Waals surface area (Å²) in [6.07, 6.45) is 4.19. The molecule has 1 aromatic rings. The lowest BCUT2D eigenvalue weighted by molar-refractivity contribution is -0.134. The van der Waals surface area contributed by atoms with Gasteiger partial charge >= 0.3 is 0 Å². The Labute approximate surface area is 133 Å². The van der Waals surface area contributed by atoms with Crippen LogP contribution >= 0.6 is 0 Å². The molecule has 0 aromatic carbocycles. The molecule has 2 aliphatic heterocycles. The zero-order valence-corrected chi connectivity index (χ0v) is 14.1. The number of hydrogen-bond acceptors (Lipinski definition) is 3. The second-order valence-electron chi connectivity index (χ2n) is 7.11. The maximum absolute atomic E-state index is 12.6. The minimum Gasteiger partial charge on any atom is -0.342 e. The molecule has 1 N–H and O–H groups in total. The van der Waals surface area contributed by atoms with Crippen molar-refractivity contribution in [2.75, 3.05) is 26.2 Å². The van der Waals surface area contributed by atoms with Crippen molar-refractivity contribution < 1.29 is 4.79 Å². The number of nitrogens with one attached hydrogen (secondary N) is 1. The molecule has 2 aliphatic rings. The van der Waals surface area contributed by atoms with E-state index in [1.165, 1.54) is 24.1 Å². The molecule has 0 radical (unpaired) electrons. The highest BCUT2D eigenvalue weighted by atomic mass is 16.2. The third-order valence-corrected chi connectivity index (χ3v) is 5.63. The lowest BCUT2D eigenvalue weighted by Gasteiger charge is -2.40. The summed E-state index contributed by atoms with van der Waals surface area (Å²) in [4.78, 5) is 14.7. The minimum absolute atomic E-state index is 0.288. The molecule has 2 fully saturated rings. The molecule has 0 saturated carbocycles. The molecule has 0 bridgehead atoms. The number of rotatable bonds is 3. The van der Waals surface area contributed by atoms with Crippen LogP contribution < -0.4 is 5.32 Å². The van der Waals surface area contributed by atoms with Crippen LogP contribution in [-0.4, -0.2) is 46.8 Å². The van der Waals surface area contributed by atoms with Gasteiger partial charge in [-0.2, -0.15) is 5.10 Å². The largest absolute Gasteiger partial charge is 0.342 e. The van der Waals surface area contributed by atoms with Gasteiger partial charge in [-0.15, -0.1) is 0 Å². The monoisotopic (exact) mass is 304 g/mol. The number of carbonyl (C=O) groups excluding carboxylic acids is 1. The van der Waals surface area contributed by atoms with Crippen LogP contribution in [0.4, 0.5) is 0 Å². The van der Waals surface area contributed by atoms with Crippen LogP contribution in [0.25, 0.3) is 0 Å². The molecule has 0 aliphatic carbocycles. The number of likely N-dealkylation sites (tertiary alicyclic amines) is 1. The number of hydrogen-bond donors (Lipinski definition) is 1. The highest BCUT2D eigenvalue weighted by molar-refractivity contribution is 5.76. The van der Waals surface area contributed by atoms with E-state index in [1.54, 1.807) is 0 Å². The average Bonchev–Trinajstić information content (AvgIpc) is 3.05. The Kier molecular flexibility index (Phi) is 4.26. The Morgan fingerprint density at radius 1 is 1.32 bits per heavy atom. The molecule has 122 valence electrons. The van der Waals surface area contributed by atoms with E-state index >= 15 is 0 Å². The van der Waals surface area contributed by atoms with Crippen molar-refractivity contribution in [3.05, 3.63) is 17.0 Å². The fourth-order valence-corrected chi connectivity index (χ4v) is 3.93. The van der Waals surface area contributed by atoms with E-state index in [9.17, 15) is 4.79 Å². The third kappa shape index (κ3) is 2.91. The molecule has 22 heavy (non-hydrogen) atoms. The van der Waals surface area contributed by atoms with Gasteiger partial charge in [-0.25, -0.2) is 0 Å². The molecule has 3 rings (SSSR count). The number of aryl methyl sites for hydroxylation is 2. The van der Waals surface area contributed by atoms with Crippen molar-refractivity contribution in [3.8, 4) is 0 Å². The van der Waals surface area contributed by atoms with Gasteiger partial charge in [0.15, 0.2) is 0 Å². The van der Waals surface area contributed by atoms with Crippen LogP contribution in [0.5, 0.6) is 0 Å². The standard InChI is InChI=1S/C17H28N4O/c1-13-14(2)19-21(15(13)3)10-5-16(22)20-9-4-6-17(12-20)7-8-18-11-17/h18H,4-12H2,1-3H3/t17-/m0/s1. The number of carbonyl (C=O) groups is 1. The second-order valence-corrected chi connectivity index (χ2v) is 7.11. The Bertz CT molecular complexity index is 557. The fraction of sp³-hybridized carbons (Fsp3) is 0.765. The molecule has 0 unspecified atom stereocenters. The number of nitrogens with zero attached hydrogens (tertiary/aromatic N) is 3. The van der Waals surface area contributed by atoms with E-state index in [1.807, 2.05) is 11.6 Å². The van der Waals surface area contributed by atoms with Gasteiger partial charge in [0.2, 0.25) is 5.91 Å². The molecule has 1 amide bonds. The SMILES string of the molecule is Cc1nn(CCC(=O)N2CCC[C@@]3(CCNC3)C2)c(C)c1C. The van der Waals surface area contributed by atoms with Crippen LogP contribution in [-0.2, 0) is 11.3 Å². The minimum atomic E-state index is 0.288. The Morgan fingerprint density at radius 2 is 2.14 bits per heavy atom. The van der Waals surface area contributed by atoms with Gasteiger partial charge in [0.25, 0.3) is 0 Å². The second kappa shape index (κ2) is 6.03. The molecular weight excluding hydrogens is 276 g/mol. The van der Waals surface area contributed by atoms with Gasteiger partial charge in [-0.3, -0.25) is 9.48 Å². The van der Waals surface area contributed by atoms with Gasteiger partial charge in [0, 0.05) is 43.7 Å². The zero-order chi connectivity index (χ0) is 15.7. The maximum Gasteiger partial charge on any atom is 0.224 e. The van der Waals surface area contributed by atoms with Gasteiger partial charge < -0.3 is 10.2 Å². The summed E-state index contributed by atoms with van der Waals surface area (Å²) in [5.74, 6) is 0.288. The molecule has 3 heterocycles. The Morgan fingerprint density at radius 3 is 2.77 bits per heavy atom. The summed E-state index contributed by atoms with van der Waals surface area (Å²) in [5.41, 5.74) is 3.84. The summed E-state index contributed by atoms with van der Waals surface area (Å²) in [5, 5.41) is 8.00. The van der Waals surface area contributed by atoms with E-state index in [0.717, 1.165) is 38.3 Å². The molecule has 1 aromatic heterocycles. The topological polar surface area (TPSA) is 50.2 Å². The van der Waals surface area contributed by atoms with Gasteiger partial charge in [-0.05, 0) is 52.1 Å². The first-order valence-electron chi connectivity index (χ1n) is 8.50. The first kappa shape index (κ1) is 15.5. The van der Waals surface area contributed by atoms with Crippen LogP contribution in [0, 0.1) is 26.2 Å². The smallest absolute Gasteiger partial charge is 0.224 e. The first-order valence-corrected chi connectivity index (χ1v) is 8.50. The van der Waals surface area contributed by atoms with E-state index in [2.05, 4.69) is 29.2 Å². The van der Waals surface area contributed by atoms with E-state index < -0.39 is 0 Å². The maximum atomic E-state index is 12.6.